The minimum Gasteiger partial charge on any atom is -0.493 e. The molecular weight excluding hydrogens is 240 g/mol. The summed E-state index contributed by atoms with van der Waals surface area (Å²) < 4.78 is 5.57. The second-order valence-electron chi connectivity index (χ2n) is 5.27. The van der Waals surface area contributed by atoms with Crippen LogP contribution in [0.1, 0.15) is 31.2 Å². The summed E-state index contributed by atoms with van der Waals surface area (Å²) in [6.45, 7) is 1.74. The van der Waals surface area contributed by atoms with Gasteiger partial charge >= 0.3 is 0 Å². The van der Waals surface area contributed by atoms with Crippen molar-refractivity contribution in [2.24, 2.45) is 0 Å². The van der Waals surface area contributed by atoms with Gasteiger partial charge in [-0.1, -0.05) is 6.42 Å². The molecule has 3 rings (SSSR count). The number of fused-ring (bicyclic) bond motifs is 1. The minimum atomic E-state index is -0.0407. The predicted octanol–water partition coefficient (Wildman–Crippen LogP) is 2.09. The number of ether oxygens (including phenoxy) is 1. The molecule has 0 radical (unpaired) electrons. The van der Waals surface area contributed by atoms with Crippen molar-refractivity contribution < 1.29 is 9.53 Å². The highest BCUT2D eigenvalue weighted by Gasteiger charge is 2.20. The fourth-order valence-corrected chi connectivity index (χ4v) is 2.74. The largest absolute Gasteiger partial charge is 0.493 e. The Morgan fingerprint density at radius 2 is 2.26 bits per heavy atom. The Bertz CT molecular complexity index is 467. The zero-order valence-electron chi connectivity index (χ0n) is 11.1. The number of hydrogen-bond acceptors (Lipinski definition) is 3. The molecule has 0 spiro atoms. The molecule has 4 heteroatoms. The number of piperidine rings is 1. The number of carbonyl (C=O) groups excluding carboxylic acids is 1. The number of hydrogen-bond donors (Lipinski definition) is 2. The van der Waals surface area contributed by atoms with Crippen molar-refractivity contribution in [1.82, 2.24) is 5.32 Å². The molecule has 1 fully saturated rings. The topological polar surface area (TPSA) is 50.4 Å². The van der Waals surface area contributed by atoms with Crippen LogP contribution in [0.4, 0.5) is 5.69 Å². The van der Waals surface area contributed by atoms with E-state index in [0.717, 1.165) is 50.3 Å². The van der Waals surface area contributed by atoms with E-state index in [1.165, 1.54) is 12.0 Å². The first kappa shape index (κ1) is 12.5. The highest BCUT2D eigenvalue weighted by molar-refractivity contribution is 5.95. The number of aryl methyl sites for hydroxylation is 1. The van der Waals surface area contributed by atoms with Crippen molar-refractivity contribution in [2.45, 2.75) is 38.1 Å². The molecule has 2 heterocycles. The van der Waals surface area contributed by atoms with Gasteiger partial charge in [0.25, 0.3) is 0 Å². The van der Waals surface area contributed by atoms with E-state index in [1.54, 1.807) is 0 Å². The normalized spacial score (nSPS) is 22.2. The molecule has 0 aromatic heterocycles. The zero-order chi connectivity index (χ0) is 13.1. The van der Waals surface area contributed by atoms with Gasteiger partial charge in [-0.15, -0.1) is 0 Å². The van der Waals surface area contributed by atoms with Gasteiger partial charge in [0.2, 0.25) is 5.91 Å². The molecule has 1 aromatic rings. The summed E-state index contributed by atoms with van der Waals surface area (Å²) in [5.74, 6) is 1.04. The van der Waals surface area contributed by atoms with Gasteiger partial charge in [-0.25, -0.2) is 0 Å². The third kappa shape index (κ3) is 2.89. The van der Waals surface area contributed by atoms with E-state index in [0.29, 0.717) is 0 Å². The van der Waals surface area contributed by atoms with E-state index >= 15 is 0 Å². The molecule has 1 unspecified atom stereocenters. The maximum Gasteiger partial charge on any atom is 0.241 e. The molecule has 0 bridgehead atoms. The van der Waals surface area contributed by atoms with Crippen molar-refractivity contribution >= 4 is 11.6 Å². The Hall–Kier alpha value is -1.55. The van der Waals surface area contributed by atoms with Gasteiger partial charge < -0.3 is 15.4 Å². The standard InChI is InChI=1S/C15H20N2O2/c18-15(13-5-1-2-8-16-13)17-12-6-7-14-11(10-12)4-3-9-19-14/h6-7,10,13,16H,1-5,8-9H2,(H,17,18). The van der Waals surface area contributed by atoms with Gasteiger partial charge in [0, 0.05) is 5.69 Å². The van der Waals surface area contributed by atoms with Crippen LogP contribution in [0.25, 0.3) is 0 Å². The van der Waals surface area contributed by atoms with E-state index in [1.807, 2.05) is 18.2 Å². The quantitative estimate of drug-likeness (QED) is 0.856. The average Bonchev–Trinajstić information content (AvgIpc) is 2.48. The van der Waals surface area contributed by atoms with Gasteiger partial charge in [0.1, 0.15) is 5.75 Å². The van der Waals surface area contributed by atoms with Crippen molar-refractivity contribution in [3.63, 3.8) is 0 Å². The molecular formula is C15H20N2O2. The molecule has 2 aliphatic rings. The lowest BCUT2D eigenvalue weighted by Crippen LogP contribution is -2.43. The average molecular weight is 260 g/mol. The highest BCUT2D eigenvalue weighted by Crippen LogP contribution is 2.27. The lowest BCUT2D eigenvalue weighted by Gasteiger charge is -2.23. The zero-order valence-corrected chi connectivity index (χ0v) is 11.1. The van der Waals surface area contributed by atoms with E-state index < -0.39 is 0 Å². The Labute approximate surface area is 113 Å². The van der Waals surface area contributed by atoms with Crippen LogP contribution in [0, 0.1) is 0 Å². The van der Waals surface area contributed by atoms with Crippen molar-refractivity contribution in [3.05, 3.63) is 23.8 Å². The summed E-state index contributed by atoms with van der Waals surface area (Å²) in [6.07, 6.45) is 5.30. The van der Waals surface area contributed by atoms with E-state index in [-0.39, 0.29) is 11.9 Å². The monoisotopic (exact) mass is 260 g/mol. The van der Waals surface area contributed by atoms with Crippen LogP contribution in [0.15, 0.2) is 18.2 Å². The maximum atomic E-state index is 12.1. The Morgan fingerprint density at radius 3 is 3.11 bits per heavy atom. The Kier molecular flexibility index (Phi) is 3.69. The van der Waals surface area contributed by atoms with Gasteiger partial charge in [-0.3, -0.25) is 4.79 Å². The van der Waals surface area contributed by atoms with Crippen LogP contribution in [-0.2, 0) is 11.2 Å². The number of anilines is 1. The molecule has 0 aliphatic carbocycles. The summed E-state index contributed by atoms with van der Waals surface area (Å²) in [4.78, 5) is 12.1. The molecule has 0 saturated carbocycles. The Balaban J connectivity index is 1.67. The van der Waals surface area contributed by atoms with Crippen LogP contribution < -0.4 is 15.4 Å². The molecule has 2 aliphatic heterocycles. The molecule has 1 atom stereocenters. The maximum absolute atomic E-state index is 12.1. The lowest BCUT2D eigenvalue weighted by molar-refractivity contribution is -0.118. The summed E-state index contributed by atoms with van der Waals surface area (Å²) >= 11 is 0. The van der Waals surface area contributed by atoms with Crippen molar-refractivity contribution in [3.8, 4) is 5.75 Å². The van der Waals surface area contributed by atoms with Crippen molar-refractivity contribution in [1.29, 1.82) is 0 Å². The number of carbonyl (C=O) groups is 1. The molecule has 19 heavy (non-hydrogen) atoms. The Morgan fingerprint density at radius 1 is 1.32 bits per heavy atom. The number of rotatable bonds is 2. The van der Waals surface area contributed by atoms with Gasteiger partial charge in [0.15, 0.2) is 0 Å². The van der Waals surface area contributed by atoms with Crippen LogP contribution in [0.5, 0.6) is 5.75 Å². The second kappa shape index (κ2) is 5.61. The number of amides is 1. The van der Waals surface area contributed by atoms with Gasteiger partial charge in [-0.05, 0) is 56.0 Å². The molecule has 1 amide bonds. The fraction of sp³-hybridized carbons (Fsp3) is 0.533. The first-order valence-electron chi connectivity index (χ1n) is 7.13. The van der Waals surface area contributed by atoms with Crippen LogP contribution in [0.2, 0.25) is 0 Å². The van der Waals surface area contributed by atoms with E-state index in [9.17, 15) is 4.79 Å². The minimum absolute atomic E-state index is 0.0407. The number of nitrogens with one attached hydrogen (secondary N) is 2. The van der Waals surface area contributed by atoms with Crippen LogP contribution in [-0.4, -0.2) is 25.1 Å². The third-order valence-electron chi connectivity index (χ3n) is 3.80. The second-order valence-corrected chi connectivity index (χ2v) is 5.27. The summed E-state index contributed by atoms with van der Waals surface area (Å²) in [5, 5.41) is 6.27. The summed E-state index contributed by atoms with van der Waals surface area (Å²) in [5.41, 5.74) is 2.07. The predicted molar refractivity (Wildman–Crippen MR) is 74.5 cm³/mol. The van der Waals surface area contributed by atoms with Crippen molar-refractivity contribution in [2.75, 3.05) is 18.5 Å². The third-order valence-corrected chi connectivity index (χ3v) is 3.80. The molecule has 4 nitrogen and oxygen atoms in total. The molecule has 1 saturated heterocycles. The lowest BCUT2D eigenvalue weighted by atomic mass is 10.0. The van der Waals surface area contributed by atoms with Crippen LogP contribution >= 0.6 is 0 Å². The fourth-order valence-electron chi connectivity index (χ4n) is 2.74. The van der Waals surface area contributed by atoms with E-state index in [2.05, 4.69) is 10.6 Å². The smallest absolute Gasteiger partial charge is 0.241 e. The highest BCUT2D eigenvalue weighted by atomic mass is 16.5. The number of benzene rings is 1. The molecule has 1 aromatic carbocycles. The summed E-state index contributed by atoms with van der Waals surface area (Å²) in [6, 6.07) is 5.87. The van der Waals surface area contributed by atoms with Gasteiger partial charge in [0.05, 0.1) is 12.6 Å². The van der Waals surface area contributed by atoms with E-state index in [4.69, 9.17) is 4.74 Å². The first-order chi connectivity index (χ1) is 9.33. The van der Waals surface area contributed by atoms with Gasteiger partial charge in [-0.2, -0.15) is 0 Å². The molecule has 102 valence electrons. The van der Waals surface area contributed by atoms with Crippen LogP contribution in [0.3, 0.4) is 0 Å². The molecule has 2 N–H and O–H groups in total. The first-order valence-corrected chi connectivity index (χ1v) is 7.13. The SMILES string of the molecule is O=C(Nc1ccc2c(c1)CCCO2)C1CCCCN1. The summed E-state index contributed by atoms with van der Waals surface area (Å²) in [7, 11) is 0.